The van der Waals surface area contributed by atoms with E-state index in [1.807, 2.05) is 31.2 Å². The minimum Gasteiger partial charge on any atom is -0.508 e. The maximum atomic E-state index is 12.2. The van der Waals surface area contributed by atoms with Gasteiger partial charge in [0.1, 0.15) is 5.75 Å². The maximum Gasteiger partial charge on any atom is 0.338 e. The molecule has 5 heteroatoms. The van der Waals surface area contributed by atoms with Crippen LogP contribution in [0, 0.1) is 0 Å². The zero-order chi connectivity index (χ0) is 19.9. The van der Waals surface area contributed by atoms with E-state index < -0.39 is 5.97 Å². The van der Waals surface area contributed by atoms with Crippen molar-refractivity contribution in [1.29, 1.82) is 0 Å². The molecular weight excluding hydrogens is 354 g/mol. The van der Waals surface area contributed by atoms with Crippen molar-refractivity contribution in [3.63, 3.8) is 0 Å². The molecule has 0 radical (unpaired) electrons. The summed E-state index contributed by atoms with van der Waals surface area (Å²) in [6, 6.07) is 21.2. The number of benzene rings is 3. The third kappa shape index (κ3) is 4.76. The molecule has 0 atom stereocenters. The molecule has 0 saturated carbocycles. The second-order valence-corrected chi connectivity index (χ2v) is 6.26. The summed E-state index contributed by atoms with van der Waals surface area (Å²) in [5, 5.41) is 12.1. The Bertz CT molecular complexity index is 963. The molecule has 0 saturated heterocycles. The molecule has 0 fully saturated rings. The van der Waals surface area contributed by atoms with Crippen LogP contribution in [-0.4, -0.2) is 23.6 Å². The first-order valence-corrected chi connectivity index (χ1v) is 9.01. The van der Waals surface area contributed by atoms with Crippen molar-refractivity contribution in [2.75, 3.05) is 11.9 Å². The average Bonchev–Trinajstić information content (AvgIpc) is 2.73. The minimum atomic E-state index is -0.559. The number of phenolic OH excluding ortho intramolecular Hbond substituents is 1. The van der Waals surface area contributed by atoms with Crippen LogP contribution in [0.25, 0.3) is 11.1 Å². The van der Waals surface area contributed by atoms with Crippen LogP contribution in [0.4, 0.5) is 5.69 Å². The van der Waals surface area contributed by atoms with Gasteiger partial charge in [-0.25, -0.2) is 4.79 Å². The number of amides is 1. The Morgan fingerprint density at radius 2 is 1.50 bits per heavy atom. The third-order valence-corrected chi connectivity index (χ3v) is 4.33. The molecule has 0 aliphatic heterocycles. The summed E-state index contributed by atoms with van der Waals surface area (Å²) in [4.78, 5) is 24.3. The fraction of sp³-hybridized carbons (Fsp3) is 0.130. The fourth-order valence-electron chi connectivity index (χ4n) is 2.80. The molecule has 3 rings (SSSR count). The molecule has 0 aliphatic rings. The predicted molar refractivity (Wildman–Crippen MR) is 108 cm³/mol. The van der Waals surface area contributed by atoms with E-state index in [9.17, 15) is 14.7 Å². The summed E-state index contributed by atoms with van der Waals surface area (Å²) in [6.07, 6.45) is 0.795. The standard InChI is InChI=1S/C23H21NO4/c1-2-16-5-3-4-6-21(16)24-22(26)15-28-23(27)19-9-7-17(8-10-19)18-11-13-20(25)14-12-18/h3-14,25H,2,15H2,1H3,(H,24,26). The largest absolute Gasteiger partial charge is 0.508 e. The molecule has 0 unspecified atom stereocenters. The molecule has 0 heterocycles. The summed E-state index contributed by atoms with van der Waals surface area (Å²) in [7, 11) is 0. The van der Waals surface area contributed by atoms with E-state index in [1.165, 1.54) is 0 Å². The van der Waals surface area contributed by atoms with E-state index in [0.717, 1.165) is 28.8 Å². The van der Waals surface area contributed by atoms with Gasteiger partial charge in [0.2, 0.25) is 0 Å². The molecule has 5 nitrogen and oxygen atoms in total. The van der Waals surface area contributed by atoms with Gasteiger partial charge >= 0.3 is 5.97 Å². The molecular formula is C23H21NO4. The van der Waals surface area contributed by atoms with E-state index in [-0.39, 0.29) is 18.3 Å². The zero-order valence-corrected chi connectivity index (χ0v) is 15.5. The van der Waals surface area contributed by atoms with Crippen LogP contribution in [0.15, 0.2) is 72.8 Å². The van der Waals surface area contributed by atoms with Crippen LogP contribution < -0.4 is 5.32 Å². The van der Waals surface area contributed by atoms with Crippen LogP contribution in [0.3, 0.4) is 0 Å². The molecule has 3 aromatic carbocycles. The quantitative estimate of drug-likeness (QED) is 0.626. The number of aromatic hydroxyl groups is 1. The fourth-order valence-corrected chi connectivity index (χ4v) is 2.80. The Balaban J connectivity index is 1.57. The van der Waals surface area contributed by atoms with Gasteiger partial charge < -0.3 is 15.2 Å². The second kappa shape index (κ2) is 8.86. The number of rotatable bonds is 6. The normalized spacial score (nSPS) is 10.3. The highest BCUT2D eigenvalue weighted by molar-refractivity contribution is 5.96. The summed E-state index contributed by atoms with van der Waals surface area (Å²) >= 11 is 0. The minimum absolute atomic E-state index is 0.198. The lowest BCUT2D eigenvalue weighted by Crippen LogP contribution is -2.21. The van der Waals surface area contributed by atoms with Gasteiger partial charge in [0, 0.05) is 5.69 Å². The van der Waals surface area contributed by atoms with Gasteiger partial charge in [-0.3, -0.25) is 4.79 Å². The zero-order valence-electron chi connectivity index (χ0n) is 15.5. The van der Waals surface area contributed by atoms with E-state index >= 15 is 0 Å². The first kappa shape index (κ1) is 19.2. The molecule has 0 bridgehead atoms. The number of para-hydroxylation sites is 1. The predicted octanol–water partition coefficient (Wildman–Crippen LogP) is 4.42. The monoisotopic (exact) mass is 375 g/mol. The van der Waals surface area contributed by atoms with Gasteiger partial charge in [-0.15, -0.1) is 0 Å². The number of hydrogen-bond donors (Lipinski definition) is 2. The van der Waals surface area contributed by atoms with E-state index in [0.29, 0.717) is 5.56 Å². The van der Waals surface area contributed by atoms with Crippen LogP contribution in [0.2, 0.25) is 0 Å². The van der Waals surface area contributed by atoms with Crippen molar-refractivity contribution in [1.82, 2.24) is 0 Å². The number of hydrogen-bond acceptors (Lipinski definition) is 4. The van der Waals surface area contributed by atoms with Crippen LogP contribution in [0.1, 0.15) is 22.8 Å². The van der Waals surface area contributed by atoms with Crippen molar-refractivity contribution in [2.45, 2.75) is 13.3 Å². The highest BCUT2D eigenvalue weighted by Gasteiger charge is 2.11. The van der Waals surface area contributed by atoms with Gasteiger partial charge in [-0.2, -0.15) is 0 Å². The molecule has 28 heavy (non-hydrogen) atoms. The topological polar surface area (TPSA) is 75.6 Å². The number of phenols is 1. The van der Waals surface area contributed by atoms with Crippen molar-refractivity contribution in [3.05, 3.63) is 83.9 Å². The summed E-state index contributed by atoms with van der Waals surface area (Å²) < 4.78 is 5.11. The lowest BCUT2D eigenvalue weighted by atomic mass is 10.0. The molecule has 2 N–H and O–H groups in total. The molecule has 142 valence electrons. The lowest BCUT2D eigenvalue weighted by molar-refractivity contribution is -0.119. The molecule has 3 aromatic rings. The summed E-state index contributed by atoms with van der Waals surface area (Å²) in [5.41, 5.74) is 3.94. The van der Waals surface area contributed by atoms with Gasteiger partial charge in [0.05, 0.1) is 5.56 Å². The van der Waals surface area contributed by atoms with Gasteiger partial charge in [0.15, 0.2) is 6.61 Å². The van der Waals surface area contributed by atoms with Crippen LogP contribution >= 0.6 is 0 Å². The Labute approximate surface area is 163 Å². The van der Waals surface area contributed by atoms with Crippen molar-refractivity contribution in [2.24, 2.45) is 0 Å². The first-order chi connectivity index (χ1) is 13.6. The first-order valence-electron chi connectivity index (χ1n) is 9.01. The van der Waals surface area contributed by atoms with Crippen LogP contribution in [-0.2, 0) is 16.0 Å². The Morgan fingerprint density at radius 3 is 2.14 bits per heavy atom. The smallest absolute Gasteiger partial charge is 0.338 e. The van der Waals surface area contributed by atoms with Gasteiger partial charge in [0.25, 0.3) is 5.91 Å². The third-order valence-electron chi connectivity index (χ3n) is 4.33. The van der Waals surface area contributed by atoms with Crippen LogP contribution in [0.5, 0.6) is 5.75 Å². The summed E-state index contributed by atoms with van der Waals surface area (Å²) in [6.45, 7) is 1.66. The second-order valence-electron chi connectivity index (χ2n) is 6.26. The highest BCUT2D eigenvalue weighted by atomic mass is 16.5. The lowest BCUT2D eigenvalue weighted by Gasteiger charge is -2.10. The number of nitrogens with one attached hydrogen (secondary N) is 1. The Morgan fingerprint density at radius 1 is 0.893 bits per heavy atom. The number of esters is 1. The summed E-state index contributed by atoms with van der Waals surface area (Å²) in [5.74, 6) is -0.741. The van der Waals surface area contributed by atoms with Crippen molar-refractivity contribution in [3.8, 4) is 16.9 Å². The number of anilines is 1. The highest BCUT2D eigenvalue weighted by Crippen LogP contribution is 2.22. The number of carbonyl (C=O) groups excluding carboxylic acids is 2. The van der Waals surface area contributed by atoms with Gasteiger partial charge in [-0.1, -0.05) is 49.4 Å². The average molecular weight is 375 g/mol. The van der Waals surface area contributed by atoms with Gasteiger partial charge in [-0.05, 0) is 53.4 Å². The van der Waals surface area contributed by atoms with Crippen molar-refractivity contribution < 1.29 is 19.4 Å². The number of ether oxygens (including phenoxy) is 1. The molecule has 1 amide bonds. The number of aryl methyl sites for hydroxylation is 1. The Hall–Kier alpha value is -3.60. The Kier molecular flexibility index (Phi) is 6.07. The molecule has 0 aromatic heterocycles. The van der Waals surface area contributed by atoms with E-state index in [2.05, 4.69) is 5.32 Å². The maximum absolute atomic E-state index is 12.2. The number of carbonyl (C=O) groups is 2. The SMILES string of the molecule is CCc1ccccc1NC(=O)COC(=O)c1ccc(-c2ccc(O)cc2)cc1. The van der Waals surface area contributed by atoms with E-state index in [1.54, 1.807) is 48.5 Å². The van der Waals surface area contributed by atoms with Crippen molar-refractivity contribution >= 4 is 17.6 Å². The van der Waals surface area contributed by atoms with E-state index in [4.69, 9.17) is 4.74 Å². The molecule has 0 spiro atoms. The molecule has 0 aliphatic carbocycles.